The predicted octanol–water partition coefficient (Wildman–Crippen LogP) is 4.98. The average molecular weight is 312 g/mol. The zero-order chi connectivity index (χ0) is 16.5. The molecule has 0 bridgehead atoms. The minimum atomic E-state index is -0.206. The van der Waals surface area contributed by atoms with Gasteiger partial charge < -0.3 is 14.6 Å². The summed E-state index contributed by atoms with van der Waals surface area (Å²) in [5, 5.41) is 12.9. The number of rotatable bonds is 1. The van der Waals surface area contributed by atoms with Crippen LogP contribution in [0.1, 0.15) is 62.8 Å². The molecule has 1 N–H and O–H groups in total. The lowest BCUT2D eigenvalue weighted by atomic mass is 9.87. The molecule has 23 heavy (non-hydrogen) atoms. The summed E-state index contributed by atoms with van der Waals surface area (Å²) in [5.74, 6) is 1.19. The van der Waals surface area contributed by atoms with Gasteiger partial charge in [0.25, 0.3) is 0 Å². The van der Waals surface area contributed by atoms with Gasteiger partial charge in [-0.1, -0.05) is 26.0 Å². The lowest BCUT2D eigenvalue weighted by Gasteiger charge is -2.31. The summed E-state index contributed by atoms with van der Waals surface area (Å²) >= 11 is 0. The van der Waals surface area contributed by atoms with Crippen LogP contribution in [-0.4, -0.2) is 16.8 Å². The third-order valence-corrected chi connectivity index (χ3v) is 5.17. The van der Waals surface area contributed by atoms with E-state index in [-0.39, 0.29) is 23.7 Å². The van der Waals surface area contributed by atoms with E-state index in [1.54, 1.807) is 0 Å². The van der Waals surface area contributed by atoms with Crippen molar-refractivity contribution >= 4 is 10.8 Å². The van der Waals surface area contributed by atoms with E-state index in [1.165, 1.54) is 11.1 Å². The van der Waals surface area contributed by atoms with Crippen LogP contribution >= 0.6 is 0 Å². The first kappa shape index (κ1) is 14.8. The van der Waals surface area contributed by atoms with Crippen molar-refractivity contribution in [3.05, 3.63) is 34.9 Å². The second-order valence-corrected chi connectivity index (χ2v) is 7.85. The number of hydrogen-bond acceptors (Lipinski definition) is 3. The second-order valence-electron chi connectivity index (χ2n) is 7.85. The maximum absolute atomic E-state index is 10.8. The number of aryl methyl sites for hydroxylation is 1. The van der Waals surface area contributed by atoms with E-state index in [4.69, 9.17) is 9.47 Å². The number of hydrogen-bond donors (Lipinski definition) is 1. The van der Waals surface area contributed by atoms with E-state index < -0.39 is 0 Å². The Morgan fingerprint density at radius 3 is 2.70 bits per heavy atom. The Morgan fingerprint density at radius 1 is 1.26 bits per heavy atom. The average Bonchev–Trinajstić information content (AvgIpc) is 2.77. The zero-order valence-electron chi connectivity index (χ0n) is 14.4. The molecule has 3 nitrogen and oxygen atoms in total. The van der Waals surface area contributed by atoms with Gasteiger partial charge in [0.15, 0.2) is 11.5 Å². The maximum atomic E-state index is 10.8. The van der Waals surface area contributed by atoms with E-state index in [1.807, 2.05) is 0 Å². The number of aromatic hydroxyl groups is 1. The molecule has 0 aromatic heterocycles. The van der Waals surface area contributed by atoms with Gasteiger partial charge in [-0.3, -0.25) is 0 Å². The summed E-state index contributed by atoms with van der Waals surface area (Å²) in [6.07, 6.45) is 0.749. The van der Waals surface area contributed by atoms with Crippen LogP contribution in [0.15, 0.2) is 18.2 Å². The second kappa shape index (κ2) is 4.64. The summed E-state index contributed by atoms with van der Waals surface area (Å²) < 4.78 is 12.6. The molecule has 2 aromatic carbocycles. The molecular formula is C20H24O3. The van der Waals surface area contributed by atoms with E-state index >= 15 is 0 Å². The van der Waals surface area contributed by atoms with Crippen molar-refractivity contribution in [3.8, 4) is 11.5 Å². The van der Waals surface area contributed by atoms with Crippen molar-refractivity contribution in [2.75, 3.05) is 0 Å². The van der Waals surface area contributed by atoms with Crippen LogP contribution in [0.2, 0.25) is 0 Å². The van der Waals surface area contributed by atoms with Crippen LogP contribution in [-0.2, 0) is 4.74 Å². The minimum Gasteiger partial charge on any atom is -0.504 e. The van der Waals surface area contributed by atoms with Crippen molar-refractivity contribution in [2.24, 2.45) is 0 Å². The Labute approximate surface area is 137 Å². The van der Waals surface area contributed by atoms with Crippen molar-refractivity contribution < 1.29 is 14.6 Å². The number of ether oxygens (including phenoxy) is 2. The van der Waals surface area contributed by atoms with Crippen molar-refractivity contribution in [1.29, 1.82) is 0 Å². The highest BCUT2D eigenvalue weighted by Gasteiger charge is 2.47. The molecule has 2 heterocycles. The Hall–Kier alpha value is -1.74. The van der Waals surface area contributed by atoms with Crippen LogP contribution in [0.25, 0.3) is 10.8 Å². The molecule has 2 aliphatic heterocycles. The van der Waals surface area contributed by atoms with Gasteiger partial charge >= 0.3 is 0 Å². The lowest BCUT2D eigenvalue weighted by molar-refractivity contribution is -0.0320. The van der Waals surface area contributed by atoms with Gasteiger partial charge in [-0.05, 0) is 49.3 Å². The lowest BCUT2D eigenvalue weighted by Crippen LogP contribution is -2.26. The molecular weight excluding hydrogens is 288 g/mol. The molecule has 122 valence electrons. The first-order valence-electron chi connectivity index (χ1n) is 8.42. The molecule has 0 unspecified atom stereocenters. The molecule has 1 saturated heterocycles. The highest BCUT2D eigenvalue weighted by atomic mass is 16.6. The third kappa shape index (κ3) is 2.06. The van der Waals surface area contributed by atoms with Crippen molar-refractivity contribution in [3.63, 3.8) is 0 Å². The molecule has 0 radical (unpaired) electrons. The highest BCUT2D eigenvalue weighted by Crippen LogP contribution is 2.54. The standard InChI is InChI=1S/C20H24O3/c1-10(2)13-8-12-7-6-11(3)15-16(12)19(17(13)21)22-14-9-20(4,5)23-18(14)15/h6-8,10,14,18,21H,9H2,1-5H3/t14-,18+/m0/s1. The van der Waals surface area contributed by atoms with Crippen LogP contribution in [0.5, 0.6) is 11.5 Å². The number of phenols is 1. The van der Waals surface area contributed by atoms with Crippen LogP contribution < -0.4 is 4.74 Å². The Bertz CT molecular complexity index is 804. The van der Waals surface area contributed by atoms with Crippen LogP contribution in [0.4, 0.5) is 0 Å². The zero-order valence-corrected chi connectivity index (χ0v) is 14.4. The monoisotopic (exact) mass is 312 g/mol. The maximum Gasteiger partial charge on any atom is 0.170 e. The molecule has 0 saturated carbocycles. The minimum absolute atomic E-state index is 0.0323. The topological polar surface area (TPSA) is 38.7 Å². The highest BCUT2D eigenvalue weighted by molar-refractivity contribution is 5.96. The Balaban J connectivity index is 2.04. The third-order valence-electron chi connectivity index (χ3n) is 5.17. The molecule has 0 aliphatic carbocycles. The van der Waals surface area contributed by atoms with E-state index in [0.717, 1.165) is 22.8 Å². The fourth-order valence-corrected chi connectivity index (χ4v) is 4.08. The van der Waals surface area contributed by atoms with Gasteiger partial charge in [-0.2, -0.15) is 0 Å². The fraction of sp³-hybridized carbons (Fsp3) is 0.500. The van der Waals surface area contributed by atoms with Gasteiger partial charge in [0.1, 0.15) is 12.2 Å². The first-order chi connectivity index (χ1) is 10.8. The van der Waals surface area contributed by atoms with E-state index in [2.05, 4.69) is 52.8 Å². The first-order valence-corrected chi connectivity index (χ1v) is 8.42. The summed E-state index contributed by atoms with van der Waals surface area (Å²) in [5.41, 5.74) is 3.12. The smallest absolute Gasteiger partial charge is 0.170 e. The van der Waals surface area contributed by atoms with Crippen LogP contribution in [0.3, 0.4) is 0 Å². The molecule has 0 amide bonds. The normalized spacial score (nSPS) is 24.8. The van der Waals surface area contributed by atoms with Gasteiger partial charge in [0, 0.05) is 17.4 Å². The largest absolute Gasteiger partial charge is 0.504 e. The summed E-state index contributed by atoms with van der Waals surface area (Å²) in [6.45, 7) is 10.5. The van der Waals surface area contributed by atoms with Gasteiger partial charge in [-0.25, -0.2) is 0 Å². The predicted molar refractivity (Wildman–Crippen MR) is 91.4 cm³/mol. The summed E-state index contributed by atoms with van der Waals surface area (Å²) in [7, 11) is 0. The van der Waals surface area contributed by atoms with Gasteiger partial charge in [0.05, 0.1) is 5.60 Å². The molecule has 3 heteroatoms. The number of phenolic OH excluding ortho intramolecular Hbond substituents is 1. The Kier molecular flexibility index (Phi) is 2.99. The van der Waals surface area contributed by atoms with Gasteiger partial charge in [-0.15, -0.1) is 0 Å². The Morgan fingerprint density at radius 2 is 2.00 bits per heavy atom. The molecule has 4 rings (SSSR count). The summed E-state index contributed by atoms with van der Waals surface area (Å²) in [4.78, 5) is 0. The van der Waals surface area contributed by atoms with Crippen molar-refractivity contribution in [2.45, 2.75) is 64.8 Å². The molecule has 1 fully saturated rings. The fourth-order valence-electron chi connectivity index (χ4n) is 4.08. The molecule has 0 spiro atoms. The van der Waals surface area contributed by atoms with E-state index in [9.17, 15) is 5.11 Å². The van der Waals surface area contributed by atoms with Crippen LogP contribution in [0, 0.1) is 6.92 Å². The molecule has 2 aliphatic rings. The quantitative estimate of drug-likeness (QED) is 0.807. The van der Waals surface area contributed by atoms with Gasteiger partial charge in [0.2, 0.25) is 0 Å². The van der Waals surface area contributed by atoms with E-state index in [0.29, 0.717) is 11.5 Å². The number of fused-ring (bicyclic) bond motifs is 2. The van der Waals surface area contributed by atoms with Crippen molar-refractivity contribution in [1.82, 2.24) is 0 Å². The SMILES string of the molecule is Cc1ccc2cc(C(C)C)c(O)c3c2c1[C@@H]1OC(C)(C)C[C@@H]1O3. The summed E-state index contributed by atoms with van der Waals surface area (Å²) in [6, 6.07) is 6.36. The number of benzene rings is 2. The molecule has 2 atom stereocenters. The molecule has 2 aromatic rings.